The Balaban J connectivity index is 1.27. The molecule has 1 aromatic carbocycles. The number of nitrogens with zero attached hydrogens (tertiary/aromatic N) is 3. The zero-order valence-electron chi connectivity index (χ0n) is 20.9. The molecule has 2 saturated heterocycles. The molecule has 0 bridgehead atoms. The average Bonchev–Trinajstić information content (AvgIpc) is 3.43. The molecular formula is C28H37F2N3O2. The Bertz CT molecular complexity index is 980. The number of pyridine rings is 1. The third-order valence-electron chi connectivity index (χ3n) is 7.59. The first-order valence-corrected chi connectivity index (χ1v) is 13.0. The lowest BCUT2D eigenvalue weighted by Gasteiger charge is -2.36. The van der Waals surface area contributed by atoms with Crippen molar-refractivity contribution in [3.8, 4) is 17.0 Å². The third kappa shape index (κ3) is 6.37. The van der Waals surface area contributed by atoms with E-state index in [0.717, 1.165) is 38.8 Å². The van der Waals surface area contributed by atoms with Crippen molar-refractivity contribution in [2.45, 2.75) is 58.0 Å². The number of aromatic nitrogens is 1. The van der Waals surface area contributed by atoms with E-state index in [1.165, 1.54) is 6.07 Å². The highest BCUT2D eigenvalue weighted by atomic mass is 19.1. The van der Waals surface area contributed by atoms with Crippen LogP contribution in [0.15, 0.2) is 36.5 Å². The van der Waals surface area contributed by atoms with Crippen LogP contribution >= 0.6 is 0 Å². The predicted octanol–water partition coefficient (Wildman–Crippen LogP) is 5.74. The monoisotopic (exact) mass is 485 g/mol. The fraction of sp³-hybridized carbons (Fsp3) is 0.571. The minimum absolute atomic E-state index is 0.114. The minimum atomic E-state index is -1.08. The lowest BCUT2D eigenvalue weighted by molar-refractivity contribution is 0.0568. The summed E-state index contributed by atoms with van der Waals surface area (Å²) in [6.07, 6.45) is 6.71. The number of ether oxygens (including phenoxy) is 1. The van der Waals surface area contributed by atoms with E-state index in [4.69, 9.17) is 4.74 Å². The van der Waals surface area contributed by atoms with Crippen molar-refractivity contribution < 1.29 is 18.3 Å². The first kappa shape index (κ1) is 25.5. The van der Waals surface area contributed by atoms with Gasteiger partial charge in [-0.15, -0.1) is 0 Å². The second-order valence-corrected chi connectivity index (χ2v) is 9.96. The number of carbonyl (C=O) groups excluding carboxylic acids is 1. The van der Waals surface area contributed by atoms with Gasteiger partial charge >= 0.3 is 0 Å². The largest absolute Gasteiger partial charge is 0.492 e. The van der Waals surface area contributed by atoms with Gasteiger partial charge in [0.05, 0.1) is 24.1 Å². The smallest absolute Gasteiger partial charge is 0.256 e. The van der Waals surface area contributed by atoms with Gasteiger partial charge in [-0.1, -0.05) is 19.9 Å². The number of rotatable bonds is 9. The molecule has 2 fully saturated rings. The highest BCUT2D eigenvalue weighted by molar-refractivity contribution is 5.95. The predicted molar refractivity (Wildman–Crippen MR) is 134 cm³/mol. The van der Waals surface area contributed by atoms with Crippen molar-refractivity contribution in [1.82, 2.24) is 14.8 Å². The van der Waals surface area contributed by atoms with Crippen LogP contribution in [0, 0.1) is 11.7 Å². The normalized spacial score (nSPS) is 17.7. The summed E-state index contributed by atoms with van der Waals surface area (Å²) in [5, 5.41) is 0. The lowest BCUT2D eigenvalue weighted by atomic mass is 9.94. The van der Waals surface area contributed by atoms with E-state index < -0.39 is 11.5 Å². The maximum Gasteiger partial charge on any atom is 0.256 e. The van der Waals surface area contributed by atoms with Gasteiger partial charge in [0.2, 0.25) is 0 Å². The van der Waals surface area contributed by atoms with Gasteiger partial charge in [0, 0.05) is 25.2 Å². The second kappa shape index (κ2) is 11.5. The van der Waals surface area contributed by atoms with Gasteiger partial charge in [-0.3, -0.25) is 9.78 Å². The maximum atomic E-state index is 14.7. The van der Waals surface area contributed by atoms with Gasteiger partial charge in [0.15, 0.2) is 0 Å². The van der Waals surface area contributed by atoms with E-state index in [1.54, 1.807) is 23.2 Å². The summed E-state index contributed by atoms with van der Waals surface area (Å²) < 4.78 is 35.3. The molecule has 0 saturated carbocycles. The zero-order chi connectivity index (χ0) is 24.8. The average molecular weight is 486 g/mol. The molecule has 0 aliphatic carbocycles. The molecule has 4 rings (SSSR count). The quantitative estimate of drug-likeness (QED) is 0.454. The lowest BCUT2D eigenvalue weighted by Crippen LogP contribution is -2.44. The van der Waals surface area contributed by atoms with Crippen LogP contribution in [0.5, 0.6) is 5.75 Å². The molecule has 35 heavy (non-hydrogen) atoms. The number of amides is 1. The number of piperidine rings is 1. The summed E-state index contributed by atoms with van der Waals surface area (Å²) in [6, 6.07) is 8.33. The first-order chi connectivity index (χ1) is 16.9. The molecule has 0 unspecified atom stereocenters. The Hall–Kier alpha value is -2.54. The summed E-state index contributed by atoms with van der Waals surface area (Å²) in [6.45, 7) is 8.16. The van der Waals surface area contributed by atoms with Crippen molar-refractivity contribution in [2.24, 2.45) is 5.92 Å². The molecule has 2 aromatic rings. The van der Waals surface area contributed by atoms with Crippen LogP contribution in [-0.2, 0) is 0 Å². The fourth-order valence-corrected chi connectivity index (χ4v) is 4.97. The summed E-state index contributed by atoms with van der Waals surface area (Å²) in [5.74, 6) is 0.361. The van der Waals surface area contributed by atoms with Gasteiger partial charge in [0.25, 0.3) is 5.91 Å². The van der Waals surface area contributed by atoms with Crippen LogP contribution in [0.4, 0.5) is 8.78 Å². The van der Waals surface area contributed by atoms with Gasteiger partial charge in [-0.2, -0.15) is 0 Å². The standard InChI is InChI=1S/C28H37F2N3O2/c1-3-28(30,4-2)20-32-15-11-21(12-16-32)19-35-23-8-10-26(31-18-23)22-7-9-24(25(29)17-22)27(34)33-13-5-6-14-33/h7-10,17-18,21H,3-6,11-16,19-20H2,1-2H3. The van der Waals surface area contributed by atoms with E-state index >= 15 is 0 Å². The van der Waals surface area contributed by atoms with Crippen LogP contribution in [0.3, 0.4) is 0 Å². The Morgan fingerprint density at radius 3 is 2.40 bits per heavy atom. The molecule has 0 atom stereocenters. The summed E-state index contributed by atoms with van der Waals surface area (Å²) in [7, 11) is 0. The molecular weight excluding hydrogens is 448 g/mol. The first-order valence-electron chi connectivity index (χ1n) is 13.0. The second-order valence-electron chi connectivity index (χ2n) is 9.96. The number of halogens is 2. The topological polar surface area (TPSA) is 45.7 Å². The van der Waals surface area contributed by atoms with E-state index in [2.05, 4.69) is 9.88 Å². The number of alkyl halides is 1. The third-order valence-corrected chi connectivity index (χ3v) is 7.59. The minimum Gasteiger partial charge on any atom is -0.492 e. The van der Waals surface area contributed by atoms with Crippen LogP contribution in [0.2, 0.25) is 0 Å². The maximum absolute atomic E-state index is 14.7. The van der Waals surface area contributed by atoms with Crippen molar-refractivity contribution in [3.05, 3.63) is 47.9 Å². The van der Waals surface area contributed by atoms with E-state index in [1.807, 2.05) is 26.0 Å². The Kier molecular flexibility index (Phi) is 8.37. The van der Waals surface area contributed by atoms with E-state index in [-0.39, 0.29) is 11.5 Å². The van der Waals surface area contributed by atoms with E-state index in [9.17, 15) is 13.6 Å². The molecule has 1 aromatic heterocycles. The van der Waals surface area contributed by atoms with Crippen LogP contribution < -0.4 is 4.74 Å². The summed E-state index contributed by atoms with van der Waals surface area (Å²) >= 11 is 0. The fourth-order valence-electron chi connectivity index (χ4n) is 4.97. The van der Waals surface area contributed by atoms with Crippen LogP contribution in [0.1, 0.15) is 62.7 Å². The molecule has 0 spiro atoms. The van der Waals surface area contributed by atoms with Crippen LogP contribution in [0.25, 0.3) is 11.3 Å². The molecule has 1 amide bonds. The van der Waals surface area contributed by atoms with Crippen molar-refractivity contribution in [1.29, 1.82) is 0 Å². The molecule has 3 heterocycles. The number of carbonyl (C=O) groups is 1. The Labute approximate surface area is 207 Å². The molecule has 0 radical (unpaired) electrons. The van der Waals surface area contributed by atoms with Gasteiger partial charge in [-0.25, -0.2) is 8.78 Å². The van der Waals surface area contributed by atoms with Crippen molar-refractivity contribution in [2.75, 3.05) is 39.3 Å². The van der Waals surface area contributed by atoms with Gasteiger partial charge in [0.1, 0.15) is 17.2 Å². The SMILES string of the molecule is CCC(F)(CC)CN1CCC(COc2ccc(-c3ccc(C(=O)N4CCCC4)c(F)c3)nc2)CC1. The Morgan fingerprint density at radius 1 is 1.09 bits per heavy atom. The van der Waals surface area contributed by atoms with Crippen LogP contribution in [-0.4, -0.2) is 65.7 Å². The number of benzene rings is 1. The number of hydrogen-bond donors (Lipinski definition) is 0. The van der Waals surface area contributed by atoms with E-state index in [0.29, 0.717) is 62.0 Å². The molecule has 7 heteroatoms. The van der Waals surface area contributed by atoms with Gasteiger partial charge < -0.3 is 14.5 Å². The molecule has 190 valence electrons. The molecule has 2 aliphatic heterocycles. The van der Waals surface area contributed by atoms with Gasteiger partial charge in [-0.05, 0) is 81.8 Å². The molecule has 5 nitrogen and oxygen atoms in total. The highest BCUT2D eigenvalue weighted by Crippen LogP contribution is 2.27. The van der Waals surface area contributed by atoms with Crippen molar-refractivity contribution >= 4 is 5.91 Å². The Morgan fingerprint density at radius 2 is 1.80 bits per heavy atom. The summed E-state index contributed by atoms with van der Waals surface area (Å²) in [4.78, 5) is 20.9. The van der Waals surface area contributed by atoms with Crippen molar-refractivity contribution in [3.63, 3.8) is 0 Å². The number of likely N-dealkylation sites (tertiary alicyclic amines) is 2. The summed E-state index contributed by atoms with van der Waals surface area (Å²) in [5.41, 5.74) is 0.292. The molecule has 0 N–H and O–H groups in total. The molecule has 2 aliphatic rings. The highest BCUT2D eigenvalue weighted by Gasteiger charge is 2.30. The number of hydrogen-bond acceptors (Lipinski definition) is 4. The zero-order valence-corrected chi connectivity index (χ0v) is 20.9.